The Balaban J connectivity index is 1.59. The second kappa shape index (κ2) is 10.5. The van der Waals surface area contributed by atoms with Crippen LogP contribution < -0.4 is 0 Å². The van der Waals surface area contributed by atoms with Crippen molar-refractivity contribution in [2.24, 2.45) is 0 Å². The maximum Gasteiger partial charge on any atom is 0.0655 e. The quantitative estimate of drug-likeness (QED) is 0.505. The van der Waals surface area contributed by atoms with Crippen molar-refractivity contribution in [1.29, 1.82) is 0 Å². The SMILES string of the molecule is C/C(=C\CCCCCC/C=C(\C)c1ccccn1)c1ccccn1. The highest BCUT2D eigenvalue weighted by Gasteiger charge is 1.96. The number of pyridine rings is 2. The van der Waals surface area contributed by atoms with E-state index in [2.05, 4.69) is 48.1 Å². The summed E-state index contributed by atoms with van der Waals surface area (Å²) in [5.74, 6) is 0. The molecule has 2 nitrogen and oxygen atoms in total. The summed E-state index contributed by atoms with van der Waals surface area (Å²) < 4.78 is 0. The molecule has 0 bridgehead atoms. The molecule has 0 N–H and O–H groups in total. The van der Waals surface area contributed by atoms with E-state index in [1.165, 1.54) is 36.8 Å². The summed E-state index contributed by atoms with van der Waals surface area (Å²) >= 11 is 0. The van der Waals surface area contributed by atoms with Crippen LogP contribution in [-0.4, -0.2) is 9.97 Å². The van der Waals surface area contributed by atoms with Gasteiger partial charge in [-0.05, 0) is 74.9 Å². The lowest BCUT2D eigenvalue weighted by Crippen LogP contribution is -1.85. The summed E-state index contributed by atoms with van der Waals surface area (Å²) in [6, 6.07) is 12.1. The molecular formula is C22H28N2. The number of allylic oxidation sites excluding steroid dienone is 4. The molecule has 2 rings (SSSR count). The first-order valence-electron chi connectivity index (χ1n) is 8.93. The van der Waals surface area contributed by atoms with Crippen LogP contribution in [-0.2, 0) is 0 Å². The molecule has 0 aliphatic rings. The van der Waals surface area contributed by atoms with Gasteiger partial charge in [0, 0.05) is 12.4 Å². The van der Waals surface area contributed by atoms with Crippen LogP contribution in [0.5, 0.6) is 0 Å². The molecule has 24 heavy (non-hydrogen) atoms. The second-order valence-electron chi connectivity index (χ2n) is 6.20. The largest absolute Gasteiger partial charge is 0.257 e. The first-order valence-corrected chi connectivity index (χ1v) is 8.93. The van der Waals surface area contributed by atoms with Crippen LogP contribution in [0.15, 0.2) is 60.9 Å². The molecule has 0 amide bonds. The molecule has 0 fully saturated rings. The lowest BCUT2D eigenvalue weighted by molar-refractivity contribution is 0.652. The maximum atomic E-state index is 4.38. The van der Waals surface area contributed by atoms with Gasteiger partial charge in [0.1, 0.15) is 0 Å². The molecule has 0 atom stereocenters. The van der Waals surface area contributed by atoms with Crippen molar-refractivity contribution < 1.29 is 0 Å². The predicted molar refractivity (Wildman–Crippen MR) is 103 cm³/mol. The number of unbranched alkanes of at least 4 members (excludes halogenated alkanes) is 5. The van der Waals surface area contributed by atoms with Gasteiger partial charge in [-0.1, -0.05) is 37.1 Å². The standard InChI is InChI=1S/C22H28N2/c1-19(21-15-9-11-17-23-21)13-7-5-3-4-6-8-14-20(2)22-16-10-12-18-24-22/h9-18H,3-8H2,1-2H3/b19-13+,20-14+. The summed E-state index contributed by atoms with van der Waals surface area (Å²) in [6.45, 7) is 4.29. The van der Waals surface area contributed by atoms with Gasteiger partial charge in [0.2, 0.25) is 0 Å². The number of nitrogens with zero attached hydrogens (tertiary/aromatic N) is 2. The van der Waals surface area contributed by atoms with Gasteiger partial charge in [0.05, 0.1) is 11.4 Å². The Bertz CT molecular complexity index is 583. The molecule has 0 saturated heterocycles. The molecule has 2 heteroatoms. The molecule has 0 aliphatic carbocycles. The molecular weight excluding hydrogens is 292 g/mol. The summed E-state index contributed by atoms with van der Waals surface area (Å²) in [5.41, 5.74) is 4.74. The summed E-state index contributed by atoms with van der Waals surface area (Å²) in [4.78, 5) is 8.76. The number of hydrogen-bond donors (Lipinski definition) is 0. The normalized spacial score (nSPS) is 12.4. The molecule has 0 aliphatic heterocycles. The van der Waals surface area contributed by atoms with Crippen molar-refractivity contribution in [2.75, 3.05) is 0 Å². The Kier molecular flexibility index (Phi) is 7.96. The Labute approximate surface area is 146 Å². The lowest BCUT2D eigenvalue weighted by Gasteiger charge is -2.02. The van der Waals surface area contributed by atoms with Gasteiger partial charge in [0.15, 0.2) is 0 Å². The van der Waals surface area contributed by atoms with Gasteiger partial charge in [-0.2, -0.15) is 0 Å². The van der Waals surface area contributed by atoms with Crippen molar-refractivity contribution in [3.63, 3.8) is 0 Å². The first-order chi connectivity index (χ1) is 11.8. The van der Waals surface area contributed by atoms with Crippen molar-refractivity contribution >= 4 is 11.1 Å². The van der Waals surface area contributed by atoms with E-state index in [0.29, 0.717) is 0 Å². The van der Waals surface area contributed by atoms with E-state index in [1.54, 1.807) is 0 Å². The minimum atomic E-state index is 1.09. The van der Waals surface area contributed by atoms with Crippen LogP contribution in [0.2, 0.25) is 0 Å². The van der Waals surface area contributed by atoms with E-state index >= 15 is 0 Å². The van der Waals surface area contributed by atoms with Crippen molar-refractivity contribution in [2.45, 2.75) is 52.4 Å². The van der Waals surface area contributed by atoms with E-state index in [4.69, 9.17) is 0 Å². The summed E-state index contributed by atoms with van der Waals surface area (Å²) in [6.07, 6.45) is 15.7. The average Bonchev–Trinajstić information content (AvgIpc) is 2.65. The second-order valence-corrected chi connectivity index (χ2v) is 6.20. The van der Waals surface area contributed by atoms with Crippen molar-refractivity contribution in [3.8, 4) is 0 Å². The van der Waals surface area contributed by atoms with Gasteiger partial charge in [-0.25, -0.2) is 0 Å². The molecule has 126 valence electrons. The fourth-order valence-electron chi connectivity index (χ4n) is 2.68. The van der Waals surface area contributed by atoms with Crippen LogP contribution in [0.3, 0.4) is 0 Å². The zero-order chi connectivity index (χ0) is 17.0. The molecule has 0 spiro atoms. The van der Waals surface area contributed by atoms with Gasteiger partial charge in [-0.15, -0.1) is 0 Å². The van der Waals surface area contributed by atoms with Crippen LogP contribution in [0, 0.1) is 0 Å². The van der Waals surface area contributed by atoms with E-state index in [-0.39, 0.29) is 0 Å². The third kappa shape index (κ3) is 6.49. The topological polar surface area (TPSA) is 25.8 Å². The van der Waals surface area contributed by atoms with Gasteiger partial charge < -0.3 is 0 Å². The predicted octanol–water partition coefficient (Wildman–Crippen LogP) is 6.32. The first kappa shape index (κ1) is 18.1. The van der Waals surface area contributed by atoms with Crippen LogP contribution in [0.1, 0.15) is 63.8 Å². The van der Waals surface area contributed by atoms with Crippen LogP contribution in [0.25, 0.3) is 11.1 Å². The minimum Gasteiger partial charge on any atom is -0.257 e. The zero-order valence-electron chi connectivity index (χ0n) is 14.9. The Morgan fingerprint density at radius 2 is 1.17 bits per heavy atom. The Morgan fingerprint density at radius 3 is 1.54 bits per heavy atom. The summed E-state index contributed by atoms with van der Waals surface area (Å²) in [5, 5.41) is 0. The van der Waals surface area contributed by atoms with Crippen molar-refractivity contribution in [3.05, 3.63) is 72.3 Å². The smallest absolute Gasteiger partial charge is 0.0655 e. The molecule has 2 heterocycles. The lowest BCUT2D eigenvalue weighted by atomic mass is 10.1. The van der Waals surface area contributed by atoms with E-state index in [9.17, 15) is 0 Å². The molecule has 2 aromatic rings. The monoisotopic (exact) mass is 320 g/mol. The Morgan fingerprint density at radius 1 is 0.708 bits per heavy atom. The number of rotatable bonds is 9. The van der Waals surface area contributed by atoms with E-state index in [0.717, 1.165) is 24.2 Å². The maximum absolute atomic E-state index is 4.38. The van der Waals surface area contributed by atoms with E-state index < -0.39 is 0 Å². The molecule has 0 radical (unpaired) electrons. The Hall–Kier alpha value is -2.22. The van der Waals surface area contributed by atoms with Gasteiger partial charge in [-0.3, -0.25) is 9.97 Å². The fraction of sp³-hybridized carbons (Fsp3) is 0.364. The highest BCUT2D eigenvalue weighted by Crippen LogP contribution is 2.15. The molecule has 0 aromatic carbocycles. The number of hydrogen-bond acceptors (Lipinski definition) is 2. The minimum absolute atomic E-state index is 1.09. The zero-order valence-corrected chi connectivity index (χ0v) is 14.9. The molecule has 0 unspecified atom stereocenters. The fourth-order valence-corrected chi connectivity index (χ4v) is 2.68. The van der Waals surface area contributed by atoms with Gasteiger partial charge in [0.25, 0.3) is 0 Å². The highest BCUT2D eigenvalue weighted by molar-refractivity contribution is 5.60. The highest BCUT2D eigenvalue weighted by atomic mass is 14.7. The van der Waals surface area contributed by atoms with Gasteiger partial charge >= 0.3 is 0 Å². The van der Waals surface area contributed by atoms with Crippen LogP contribution in [0.4, 0.5) is 0 Å². The summed E-state index contributed by atoms with van der Waals surface area (Å²) in [7, 11) is 0. The third-order valence-electron chi connectivity index (χ3n) is 4.20. The van der Waals surface area contributed by atoms with Crippen LogP contribution >= 0.6 is 0 Å². The third-order valence-corrected chi connectivity index (χ3v) is 4.20. The molecule has 0 saturated carbocycles. The molecule has 2 aromatic heterocycles. The number of aromatic nitrogens is 2. The van der Waals surface area contributed by atoms with Crippen molar-refractivity contribution in [1.82, 2.24) is 9.97 Å². The van der Waals surface area contributed by atoms with E-state index in [1.807, 2.05) is 36.7 Å². The average molecular weight is 320 g/mol.